The fourth-order valence-corrected chi connectivity index (χ4v) is 3.98. The summed E-state index contributed by atoms with van der Waals surface area (Å²) in [5, 5.41) is 2.23. The molecule has 100 valence electrons. The average Bonchev–Trinajstić information content (AvgIpc) is 2.84. The van der Waals surface area contributed by atoms with Crippen molar-refractivity contribution in [2.45, 2.75) is 31.7 Å². The molecule has 0 radical (unpaired) electrons. The molecule has 1 aliphatic rings. The zero-order valence-corrected chi connectivity index (χ0v) is 12.7. The molecule has 0 spiro atoms. The molecule has 1 atom stereocenters. The van der Waals surface area contributed by atoms with Crippen LogP contribution in [0.15, 0.2) is 18.2 Å². The zero-order valence-electron chi connectivity index (χ0n) is 10.3. The van der Waals surface area contributed by atoms with Crippen LogP contribution in [0.2, 0.25) is 10.0 Å². The summed E-state index contributed by atoms with van der Waals surface area (Å²) < 4.78 is 0. The number of aryl methyl sites for hydroxylation is 2. The second-order valence-electron chi connectivity index (χ2n) is 4.77. The van der Waals surface area contributed by atoms with Crippen LogP contribution in [0.5, 0.6) is 0 Å². The van der Waals surface area contributed by atoms with Gasteiger partial charge in [0, 0.05) is 14.9 Å². The average molecular weight is 313 g/mol. The Morgan fingerprint density at radius 3 is 2.79 bits per heavy atom. The summed E-state index contributed by atoms with van der Waals surface area (Å²) in [6, 6.07) is 5.09. The van der Waals surface area contributed by atoms with Gasteiger partial charge in [-0.15, -0.1) is 11.3 Å². The summed E-state index contributed by atoms with van der Waals surface area (Å²) in [6.45, 7) is 0. The number of aromatic nitrogens is 1. The first-order valence-electron chi connectivity index (χ1n) is 6.34. The highest BCUT2D eigenvalue weighted by Crippen LogP contribution is 2.34. The van der Waals surface area contributed by atoms with Crippen molar-refractivity contribution in [2.75, 3.05) is 0 Å². The molecule has 1 unspecified atom stereocenters. The van der Waals surface area contributed by atoms with Gasteiger partial charge in [-0.1, -0.05) is 23.2 Å². The number of rotatable bonds is 2. The molecule has 2 aromatic rings. The van der Waals surface area contributed by atoms with E-state index in [4.69, 9.17) is 28.9 Å². The lowest BCUT2D eigenvalue weighted by atomic mass is 10.0. The van der Waals surface area contributed by atoms with Crippen molar-refractivity contribution in [2.24, 2.45) is 5.73 Å². The molecule has 1 aromatic heterocycles. The third-order valence-corrected chi connectivity index (χ3v) is 5.24. The molecule has 0 saturated carbocycles. The van der Waals surface area contributed by atoms with Crippen molar-refractivity contribution in [1.29, 1.82) is 0 Å². The SMILES string of the molecule is NC(c1nc2c(s1)CCCC2)c1cc(Cl)ccc1Cl. The predicted octanol–water partition coefficient (Wildman–Crippen LogP) is 4.38. The van der Waals surface area contributed by atoms with Crippen molar-refractivity contribution < 1.29 is 0 Å². The van der Waals surface area contributed by atoms with Crippen molar-refractivity contribution in [3.63, 3.8) is 0 Å². The number of hydrogen-bond donors (Lipinski definition) is 1. The van der Waals surface area contributed by atoms with Crippen LogP contribution in [0, 0.1) is 0 Å². The maximum absolute atomic E-state index is 6.30. The molecule has 2 nitrogen and oxygen atoms in total. The number of halogens is 2. The van der Waals surface area contributed by atoms with Crippen LogP contribution in [0.4, 0.5) is 0 Å². The van der Waals surface area contributed by atoms with Gasteiger partial charge in [0.25, 0.3) is 0 Å². The standard InChI is InChI=1S/C14H14Cl2N2S/c15-8-5-6-10(16)9(7-8)13(17)14-18-11-3-1-2-4-12(11)19-14/h5-7,13H,1-4,17H2. The van der Waals surface area contributed by atoms with Crippen LogP contribution in [-0.4, -0.2) is 4.98 Å². The molecule has 0 amide bonds. The first-order valence-corrected chi connectivity index (χ1v) is 7.91. The van der Waals surface area contributed by atoms with Crippen molar-refractivity contribution in [3.05, 3.63) is 49.4 Å². The monoisotopic (exact) mass is 312 g/mol. The van der Waals surface area contributed by atoms with E-state index in [1.54, 1.807) is 23.5 Å². The van der Waals surface area contributed by atoms with Crippen molar-refractivity contribution >= 4 is 34.5 Å². The van der Waals surface area contributed by atoms with E-state index in [1.165, 1.54) is 23.4 Å². The lowest BCUT2D eigenvalue weighted by molar-refractivity contribution is 0.678. The normalized spacial score (nSPS) is 16.2. The van der Waals surface area contributed by atoms with E-state index >= 15 is 0 Å². The van der Waals surface area contributed by atoms with Gasteiger partial charge in [-0.25, -0.2) is 4.98 Å². The van der Waals surface area contributed by atoms with Gasteiger partial charge in [-0.3, -0.25) is 0 Å². The predicted molar refractivity (Wildman–Crippen MR) is 81.2 cm³/mol. The molecule has 1 aromatic carbocycles. The number of benzene rings is 1. The lowest BCUT2D eigenvalue weighted by Crippen LogP contribution is -2.12. The highest BCUT2D eigenvalue weighted by molar-refractivity contribution is 7.11. The van der Waals surface area contributed by atoms with Crippen LogP contribution in [0.25, 0.3) is 0 Å². The van der Waals surface area contributed by atoms with Crippen molar-refractivity contribution in [1.82, 2.24) is 4.98 Å². The Bertz CT molecular complexity index is 586. The summed E-state index contributed by atoms with van der Waals surface area (Å²) in [5.41, 5.74) is 8.37. The molecule has 2 N–H and O–H groups in total. The van der Waals surface area contributed by atoms with E-state index in [9.17, 15) is 0 Å². The second kappa shape index (κ2) is 5.41. The number of nitrogens with zero attached hydrogens (tertiary/aromatic N) is 1. The minimum Gasteiger partial charge on any atom is -0.318 e. The molecular weight excluding hydrogens is 299 g/mol. The minimum atomic E-state index is -0.290. The highest BCUT2D eigenvalue weighted by Gasteiger charge is 2.21. The Kier molecular flexibility index (Phi) is 3.81. The summed E-state index contributed by atoms with van der Waals surface area (Å²) in [6.07, 6.45) is 4.68. The van der Waals surface area contributed by atoms with Crippen LogP contribution in [-0.2, 0) is 12.8 Å². The third-order valence-electron chi connectivity index (χ3n) is 3.42. The molecule has 0 saturated heterocycles. The maximum Gasteiger partial charge on any atom is 0.114 e. The first-order chi connectivity index (χ1) is 9.15. The smallest absolute Gasteiger partial charge is 0.114 e. The van der Waals surface area contributed by atoms with Gasteiger partial charge in [0.05, 0.1) is 11.7 Å². The number of fused-ring (bicyclic) bond motifs is 1. The quantitative estimate of drug-likeness (QED) is 0.894. The largest absolute Gasteiger partial charge is 0.318 e. The Hall–Kier alpha value is -0.610. The molecule has 19 heavy (non-hydrogen) atoms. The van der Waals surface area contributed by atoms with Gasteiger partial charge in [0.2, 0.25) is 0 Å². The van der Waals surface area contributed by atoms with E-state index in [0.717, 1.165) is 23.4 Å². The van der Waals surface area contributed by atoms with Gasteiger partial charge < -0.3 is 5.73 Å². The van der Waals surface area contributed by atoms with Gasteiger partial charge in [-0.05, 0) is 49.4 Å². The van der Waals surface area contributed by atoms with Crippen LogP contribution in [0.3, 0.4) is 0 Å². The Morgan fingerprint density at radius 1 is 1.21 bits per heavy atom. The molecule has 5 heteroatoms. The number of hydrogen-bond acceptors (Lipinski definition) is 3. The van der Waals surface area contributed by atoms with Crippen LogP contribution in [0.1, 0.15) is 40.0 Å². The van der Waals surface area contributed by atoms with Crippen molar-refractivity contribution in [3.8, 4) is 0 Å². The molecule has 1 heterocycles. The summed E-state index contributed by atoms with van der Waals surface area (Å²) in [7, 11) is 0. The summed E-state index contributed by atoms with van der Waals surface area (Å²) >= 11 is 13.9. The highest BCUT2D eigenvalue weighted by atomic mass is 35.5. The molecule has 0 fully saturated rings. The zero-order chi connectivity index (χ0) is 13.4. The van der Waals surface area contributed by atoms with E-state index in [2.05, 4.69) is 4.98 Å². The summed E-state index contributed by atoms with van der Waals surface area (Å²) in [4.78, 5) is 6.07. The molecular formula is C14H14Cl2N2S. The van der Waals surface area contributed by atoms with E-state index in [-0.39, 0.29) is 6.04 Å². The summed E-state index contributed by atoms with van der Waals surface area (Å²) in [5.74, 6) is 0. The minimum absolute atomic E-state index is 0.290. The van der Waals surface area contributed by atoms with Gasteiger partial charge in [-0.2, -0.15) is 0 Å². The van der Waals surface area contributed by atoms with Gasteiger partial charge in [0.1, 0.15) is 5.01 Å². The number of nitrogens with two attached hydrogens (primary N) is 1. The Morgan fingerprint density at radius 2 is 2.00 bits per heavy atom. The Balaban J connectivity index is 1.97. The van der Waals surface area contributed by atoms with Gasteiger partial charge >= 0.3 is 0 Å². The van der Waals surface area contributed by atoms with Crippen LogP contribution >= 0.6 is 34.5 Å². The molecule has 0 bridgehead atoms. The molecule has 3 rings (SSSR count). The Labute approximate surface area is 126 Å². The first kappa shape index (κ1) is 13.4. The topological polar surface area (TPSA) is 38.9 Å². The fourth-order valence-electron chi connectivity index (χ4n) is 2.39. The van der Waals surface area contributed by atoms with Gasteiger partial charge in [0.15, 0.2) is 0 Å². The second-order valence-corrected chi connectivity index (χ2v) is 6.73. The van der Waals surface area contributed by atoms with E-state index in [0.29, 0.717) is 10.0 Å². The molecule has 1 aliphatic carbocycles. The van der Waals surface area contributed by atoms with E-state index < -0.39 is 0 Å². The fraction of sp³-hybridized carbons (Fsp3) is 0.357. The van der Waals surface area contributed by atoms with E-state index in [1.807, 2.05) is 6.07 Å². The lowest BCUT2D eigenvalue weighted by Gasteiger charge is -2.11. The maximum atomic E-state index is 6.30. The third kappa shape index (κ3) is 2.65. The molecule has 0 aliphatic heterocycles. The number of thiazole rings is 1. The van der Waals surface area contributed by atoms with Crippen LogP contribution < -0.4 is 5.73 Å².